The van der Waals surface area contributed by atoms with Crippen LogP contribution in [0, 0.1) is 0 Å². The molecule has 0 atom stereocenters. The number of carbonyl (C=O) groups excluding carboxylic acids is 1. The van der Waals surface area contributed by atoms with Crippen LogP contribution in [0.1, 0.15) is 0 Å². The molecule has 0 saturated heterocycles. The highest BCUT2D eigenvalue weighted by atomic mass is 16.5. The van der Waals surface area contributed by atoms with Gasteiger partial charge in [-0.05, 0) is 24.3 Å². The number of amides is 1. The zero-order valence-electron chi connectivity index (χ0n) is 13.3. The van der Waals surface area contributed by atoms with E-state index in [0.29, 0.717) is 28.7 Å². The van der Waals surface area contributed by atoms with Crippen LogP contribution < -0.4 is 24.3 Å². The number of methoxy groups -OCH3 is 3. The molecule has 0 aliphatic rings. The SMILES string of the molecule is COc1cccc(NC(=O)COc2c(OC)cccc2OC)c1. The second-order valence-electron chi connectivity index (χ2n) is 4.56. The molecule has 1 N–H and O–H groups in total. The van der Waals surface area contributed by atoms with Crippen molar-refractivity contribution >= 4 is 11.6 Å². The highest BCUT2D eigenvalue weighted by Gasteiger charge is 2.13. The van der Waals surface area contributed by atoms with E-state index in [1.165, 1.54) is 14.2 Å². The lowest BCUT2D eigenvalue weighted by Crippen LogP contribution is -2.20. The van der Waals surface area contributed by atoms with Crippen LogP contribution in [0.3, 0.4) is 0 Å². The minimum absolute atomic E-state index is 0.173. The van der Waals surface area contributed by atoms with Crippen LogP contribution in [-0.4, -0.2) is 33.8 Å². The maximum atomic E-state index is 12.0. The summed E-state index contributed by atoms with van der Waals surface area (Å²) in [7, 11) is 4.62. The molecule has 0 radical (unpaired) electrons. The molecule has 23 heavy (non-hydrogen) atoms. The molecule has 6 nitrogen and oxygen atoms in total. The topological polar surface area (TPSA) is 66.0 Å². The zero-order chi connectivity index (χ0) is 16.7. The van der Waals surface area contributed by atoms with E-state index in [-0.39, 0.29) is 12.5 Å². The highest BCUT2D eigenvalue weighted by Crippen LogP contribution is 2.36. The third-order valence-electron chi connectivity index (χ3n) is 3.08. The van der Waals surface area contributed by atoms with E-state index in [0.717, 1.165) is 0 Å². The van der Waals surface area contributed by atoms with Gasteiger partial charge in [0, 0.05) is 11.8 Å². The highest BCUT2D eigenvalue weighted by molar-refractivity contribution is 5.92. The zero-order valence-corrected chi connectivity index (χ0v) is 13.3. The predicted molar refractivity (Wildman–Crippen MR) is 86.7 cm³/mol. The lowest BCUT2D eigenvalue weighted by molar-refractivity contribution is -0.118. The fourth-order valence-corrected chi connectivity index (χ4v) is 2.00. The van der Waals surface area contributed by atoms with Gasteiger partial charge in [0.15, 0.2) is 18.1 Å². The second kappa shape index (κ2) is 7.93. The van der Waals surface area contributed by atoms with Gasteiger partial charge < -0.3 is 24.3 Å². The monoisotopic (exact) mass is 317 g/mol. The Kier molecular flexibility index (Phi) is 5.68. The minimum Gasteiger partial charge on any atom is -0.497 e. The van der Waals surface area contributed by atoms with Gasteiger partial charge >= 0.3 is 0 Å². The summed E-state index contributed by atoms with van der Waals surface area (Å²) in [6, 6.07) is 12.3. The smallest absolute Gasteiger partial charge is 0.262 e. The number of hydrogen-bond acceptors (Lipinski definition) is 5. The molecule has 122 valence electrons. The van der Waals surface area contributed by atoms with Crippen molar-refractivity contribution in [2.75, 3.05) is 33.3 Å². The lowest BCUT2D eigenvalue weighted by Gasteiger charge is -2.14. The molecule has 0 saturated carbocycles. The third kappa shape index (κ3) is 4.29. The van der Waals surface area contributed by atoms with Gasteiger partial charge in [-0.25, -0.2) is 0 Å². The Labute approximate surface area is 134 Å². The molecule has 0 bridgehead atoms. The Morgan fingerprint density at radius 3 is 2.22 bits per heavy atom. The van der Waals surface area contributed by atoms with Crippen LogP contribution in [0.2, 0.25) is 0 Å². The molecule has 0 aliphatic carbocycles. The summed E-state index contributed by atoms with van der Waals surface area (Å²) in [6.07, 6.45) is 0. The maximum absolute atomic E-state index is 12.0. The standard InChI is InChI=1S/C17H19NO5/c1-20-13-7-4-6-12(10-13)18-16(19)11-23-17-14(21-2)8-5-9-15(17)22-3/h4-10H,11H2,1-3H3,(H,18,19). The Hall–Kier alpha value is -2.89. The molecule has 0 heterocycles. The van der Waals surface area contributed by atoms with Crippen LogP contribution in [0.15, 0.2) is 42.5 Å². The average molecular weight is 317 g/mol. The number of ether oxygens (including phenoxy) is 4. The normalized spacial score (nSPS) is 9.87. The molecule has 2 rings (SSSR count). The van der Waals surface area contributed by atoms with Crippen LogP contribution >= 0.6 is 0 Å². The van der Waals surface area contributed by atoms with Gasteiger partial charge in [0.1, 0.15) is 5.75 Å². The maximum Gasteiger partial charge on any atom is 0.262 e. The van der Waals surface area contributed by atoms with Gasteiger partial charge in [0.2, 0.25) is 5.75 Å². The number of hydrogen-bond donors (Lipinski definition) is 1. The summed E-state index contributed by atoms with van der Waals surface area (Å²) in [5.74, 6) is 1.75. The van der Waals surface area contributed by atoms with Crippen LogP contribution in [0.4, 0.5) is 5.69 Å². The van der Waals surface area contributed by atoms with Gasteiger partial charge in [-0.1, -0.05) is 12.1 Å². The molecule has 2 aromatic carbocycles. The molecule has 0 unspecified atom stereocenters. The van der Waals surface area contributed by atoms with Crippen molar-refractivity contribution < 1.29 is 23.7 Å². The Morgan fingerprint density at radius 2 is 1.61 bits per heavy atom. The number of benzene rings is 2. The van der Waals surface area contributed by atoms with E-state index < -0.39 is 0 Å². The Bertz CT molecular complexity index is 650. The molecule has 0 fully saturated rings. The summed E-state index contributed by atoms with van der Waals surface area (Å²) in [4.78, 5) is 12.0. The first-order valence-electron chi connectivity index (χ1n) is 6.95. The fraction of sp³-hybridized carbons (Fsp3) is 0.235. The van der Waals surface area contributed by atoms with Gasteiger partial charge in [0.25, 0.3) is 5.91 Å². The van der Waals surface area contributed by atoms with E-state index in [2.05, 4.69) is 5.32 Å². The number of anilines is 1. The van der Waals surface area contributed by atoms with Gasteiger partial charge in [-0.15, -0.1) is 0 Å². The van der Waals surface area contributed by atoms with Gasteiger partial charge in [0.05, 0.1) is 21.3 Å². The first kappa shape index (κ1) is 16.5. The molecule has 2 aromatic rings. The van der Waals surface area contributed by atoms with Crippen molar-refractivity contribution in [3.63, 3.8) is 0 Å². The van der Waals surface area contributed by atoms with Crippen molar-refractivity contribution in [1.82, 2.24) is 0 Å². The minimum atomic E-state index is -0.300. The van der Waals surface area contributed by atoms with Crippen LogP contribution in [0.25, 0.3) is 0 Å². The summed E-state index contributed by atoms with van der Waals surface area (Å²) in [6.45, 7) is -0.173. The van der Waals surface area contributed by atoms with Crippen molar-refractivity contribution in [3.8, 4) is 23.0 Å². The number of carbonyl (C=O) groups is 1. The van der Waals surface area contributed by atoms with Crippen molar-refractivity contribution in [2.45, 2.75) is 0 Å². The molecular formula is C17H19NO5. The van der Waals surface area contributed by atoms with Crippen LogP contribution in [-0.2, 0) is 4.79 Å². The molecule has 0 aliphatic heterocycles. The second-order valence-corrected chi connectivity index (χ2v) is 4.56. The Balaban J connectivity index is 2.02. The first-order chi connectivity index (χ1) is 11.2. The van der Waals surface area contributed by atoms with E-state index in [4.69, 9.17) is 18.9 Å². The summed E-state index contributed by atoms with van der Waals surface area (Å²) in [5.41, 5.74) is 0.630. The predicted octanol–water partition coefficient (Wildman–Crippen LogP) is 2.73. The quantitative estimate of drug-likeness (QED) is 0.850. The van der Waals surface area contributed by atoms with E-state index in [1.54, 1.807) is 49.6 Å². The number of rotatable bonds is 7. The first-order valence-corrected chi connectivity index (χ1v) is 6.95. The van der Waals surface area contributed by atoms with E-state index in [9.17, 15) is 4.79 Å². The molecule has 0 spiro atoms. The van der Waals surface area contributed by atoms with Crippen molar-refractivity contribution in [2.24, 2.45) is 0 Å². The molecule has 0 aromatic heterocycles. The largest absolute Gasteiger partial charge is 0.497 e. The fourth-order valence-electron chi connectivity index (χ4n) is 2.00. The molecule has 1 amide bonds. The van der Waals surface area contributed by atoms with E-state index >= 15 is 0 Å². The summed E-state index contributed by atoms with van der Waals surface area (Å²) in [5, 5.41) is 2.74. The molecular weight excluding hydrogens is 298 g/mol. The average Bonchev–Trinajstić information content (AvgIpc) is 2.59. The number of para-hydroxylation sites is 1. The molecule has 6 heteroatoms. The van der Waals surface area contributed by atoms with Crippen molar-refractivity contribution in [1.29, 1.82) is 0 Å². The Morgan fingerprint density at radius 1 is 0.957 bits per heavy atom. The third-order valence-corrected chi connectivity index (χ3v) is 3.08. The summed E-state index contributed by atoms with van der Waals surface area (Å²) < 4.78 is 21.1. The number of nitrogens with one attached hydrogen (secondary N) is 1. The van der Waals surface area contributed by atoms with Crippen molar-refractivity contribution in [3.05, 3.63) is 42.5 Å². The van der Waals surface area contributed by atoms with Gasteiger partial charge in [-0.3, -0.25) is 4.79 Å². The lowest BCUT2D eigenvalue weighted by atomic mass is 10.3. The van der Waals surface area contributed by atoms with E-state index in [1.807, 2.05) is 0 Å². The summed E-state index contributed by atoms with van der Waals surface area (Å²) >= 11 is 0. The van der Waals surface area contributed by atoms with Crippen LogP contribution in [0.5, 0.6) is 23.0 Å². The van der Waals surface area contributed by atoms with Gasteiger partial charge in [-0.2, -0.15) is 0 Å².